The van der Waals surface area contributed by atoms with Crippen molar-refractivity contribution in [1.82, 2.24) is 14.9 Å². The summed E-state index contributed by atoms with van der Waals surface area (Å²) in [5.41, 5.74) is 2.86. The molecule has 0 bridgehead atoms. The largest absolute Gasteiger partial charge is 0.497 e. The summed E-state index contributed by atoms with van der Waals surface area (Å²) in [4.78, 5) is 16.3. The molecule has 2 aromatic carbocycles. The van der Waals surface area contributed by atoms with Crippen LogP contribution in [0.5, 0.6) is 5.75 Å². The lowest BCUT2D eigenvalue weighted by molar-refractivity contribution is 0.0951. The van der Waals surface area contributed by atoms with Crippen molar-refractivity contribution in [1.29, 1.82) is 0 Å². The maximum absolute atomic E-state index is 12.3. The number of carbonyl (C=O) groups excluding carboxylic acids is 1. The first-order valence-electron chi connectivity index (χ1n) is 7.71. The van der Waals surface area contributed by atoms with E-state index in [4.69, 9.17) is 4.74 Å². The van der Waals surface area contributed by atoms with E-state index in [2.05, 4.69) is 16.4 Å². The van der Waals surface area contributed by atoms with Gasteiger partial charge in [-0.2, -0.15) is 0 Å². The van der Waals surface area contributed by atoms with Crippen molar-refractivity contribution in [3.8, 4) is 5.75 Å². The fourth-order valence-electron chi connectivity index (χ4n) is 2.48. The molecule has 122 valence electrons. The highest BCUT2D eigenvalue weighted by Crippen LogP contribution is 2.13. The second-order valence-corrected chi connectivity index (χ2v) is 5.41. The third-order valence-corrected chi connectivity index (χ3v) is 3.82. The Kier molecular flexibility index (Phi) is 4.91. The van der Waals surface area contributed by atoms with Gasteiger partial charge < -0.3 is 14.6 Å². The first-order chi connectivity index (χ1) is 11.8. The van der Waals surface area contributed by atoms with Crippen molar-refractivity contribution >= 4 is 5.91 Å². The molecule has 0 atom stereocenters. The molecule has 0 aliphatic carbocycles. The van der Waals surface area contributed by atoms with Crippen LogP contribution in [0.25, 0.3) is 0 Å². The lowest BCUT2D eigenvalue weighted by atomic mass is 10.1. The average Bonchev–Trinajstić information content (AvgIpc) is 3.14. The van der Waals surface area contributed by atoms with Crippen molar-refractivity contribution in [2.45, 2.75) is 13.1 Å². The van der Waals surface area contributed by atoms with E-state index in [0.717, 1.165) is 23.4 Å². The zero-order valence-electron chi connectivity index (χ0n) is 13.5. The number of benzene rings is 2. The normalized spacial score (nSPS) is 10.4. The van der Waals surface area contributed by atoms with Crippen molar-refractivity contribution in [3.05, 3.63) is 83.9 Å². The predicted octanol–water partition coefficient (Wildman–Crippen LogP) is 2.87. The van der Waals surface area contributed by atoms with Crippen molar-refractivity contribution < 1.29 is 9.53 Å². The molecule has 1 heterocycles. The van der Waals surface area contributed by atoms with E-state index in [1.165, 1.54) is 0 Å². The maximum atomic E-state index is 12.3. The van der Waals surface area contributed by atoms with Crippen molar-refractivity contribution in [3.63, 3.8) is 0 Å². The molecule has 5 heteroatoms. The van der Waals surface area contributed by atoms with Crippen LogP contribution < -0.4 is 10.1 Å². The van der Waals surface area contributed by atoms with Crippen LogP contribution >= 0.6 is 0 Å². The summed E-state index contributed by atoms with van der Waals surface area (Å²) in [5.74, 6) is 0.632. The summed E-state index contributed by atoms with van der Waals surface area (Å²) in [6, 6.07) is 15.1. The van der Waals surface area contributed by atoms with Crippen LogP contribution in [-0.2, 0) is 13.1 Å². The van der Waals surface area contributed by atoms with Crippen LogP contribution in [0.15, 0.2) is 67.3 Å². The van der Waals surface area contributed by atoms with Crippen LogP contribution in [-0.4, -0.2) is 22.6 Å². The Balaban J connectivity index is 1.66. The molecule has 24 heavy (non-hydrogen) atoms. The van der Waals surface area contributed by atoms with Crippen LogP contribution in [0.2, 0.25) is 0 Å². The summed E-state index contributed by atoms with van der Waals surface area (Å²) in [5, 5.41) is 2.97. The van der Waals surface area contributed by atoms with E-state index in [9.17, 15) is 4.79 Å². The van der Waals surface area contributed by atoms with Gasteiger partial charge in [0.1, 0.15) is 5.75 Å². The summed E-state index contributed by atoms with van der Waals surface area (Å²) >= 11 is 0. The molecule has 0 aliphatic heterocycles. The zero-order valence-corrected chi connectivity index (χ0v) is 13.5. The van der Waals surface area contributed by atoms with E-state index >= 15 is 0 Å². The minimum atomic E-state index is -0.102. The van der Waals surface area contributed by atoms with Crippen LogP contribution in [0, 0.1) is 0 Å². The summed E-state index contributed by atoms with van der Waals surface area (Å²) in [6.45, 7) is 1.21. The minimum absolute atomic E-state index is 0.102. The second-order valence-electron chi connectivity index (χ2n) is 5.41. The molecule has 1 N–H and O–H groups in total. The fourth-order valence-corrected chi connectivity index (χ4v) is 2.48. The number of hydrogen-bond acceptors (Lipinski definition) is 3. The molecule has 3 aromatic rings. The third kappa shape index (κ3) is 3.81. The summed E-state index contributed by atoms with van der Waals surface area (Å²) in [6.07, 6.45) is 5.47. The number of ether oxygens (including phenoxy) is 1. The molecule has 0 aliphatic rings. The highest BCUT2D eigenvalue weighted by atomic mass is 16.5. The maximum Gasteiger partial charge on any atom is 0.251 e. The fraction of sp³-hybridized carbons (Fsp3) is 0.158. The summed E-state index contributed by atoms with van der Waals surface area (Å²) < 4.78 is 7.11. The van der Waals surface area contributed by atoms with Gasteiger partial charge in [0.25, 0.3) is 5.91 Å². The van der Waals surface area contributed by atoms with Gasteiger partial charge in [0.2, 0.25) is 0 Å². The lowest BCUT2D eigenvalue weighted by Crippen LogP contribution is -2.23. The monoisotopic (exact) mass is 321 g/mol. The highest BCUT2D eigenvalue weighted by Gasteiger charge is 2.08. The minimum Gasteiger partial charge on any atom is -0.497 e. The predicted molar refractivity (Wildman–Crippen MR) is 91.9 cm³/mol. The third-order valence-electron chi connectivity index (χ3n) is 3.82. The molecule has 0 saturated carbocycles. The van der Waals surface area contributed by atoms with Gasteiger partial charge in [0.15, 0.2) is 0 Å². The lowest BCUT2D eigenvalue weighted by Gasteiger charge is -2.11. The van der Waals surface area contributed by atoms with E-state index < -0.39 is 0 Å². The molecular weight excluding hydrogens is 302 g/mol. The molecule has 0 spiro atoms. The number of carbonyl (C=O) groups is 1. The Morgan fingerprint density at radius 1 is 1.12 bits per heavy atom. The van der Waals surface area contributed by atoms with Gasteiger partial charge in [-0.15, -0.1) is 0 Å². The Morgan fingerprint density at radius 2 is 1.88 bits per heavy atom. The first-order valence-corrected chi connectivity index (χ1v) is 7.71. The SMILES string of the molecule is COc1ccc(C(=O)NCc2ccccc2Cn2ccnc2)cc1. The average molecular weight is 321 g/mol. The van der Waals surface area contributed by atoms with E-state index in [-0.39, 0.29) is 5.91 Å². The van der Waals surface area contributed by atoms with Crippen LogP contribution in [0.1, 0.15) is 21.5 Å². The molecule has 3 rings (SSSR count). The number of hydrogen-bond donors (Lipinski definition) is 1. The molecule has 0 radical (unpaired) electrons. The standard InChI is InChI=1S/C19H19N3O2/c1-24-18-8-6-15(7-9-18)19(23)21-12-16-4-2-3-5-17(16)13-22-11-10-20-14-22/h2-11,14H,12-13H2,1H3,(H,21,23). The zero-order chi connectivity index (χ0) is 16.8. The van der Waals surface area contributed by atoms with Gasteiger partial charge >= 0.3 is 0 Å². The van der Waals surface area contributed by atoms with Crippen LogP contribution in [0.4, 0.5) is 0 Å². The smallest absolute Gasteiger partial charge is 0.251 e. The van der Waals surface area contributed by atoms with E-state index in [1.807, 2.05) is 29.0 Å². The van der Waals surface area contributed by atoms with E-state index in [1.54, 1.807) is 43.9 Å². The molecule has 1 amide bonds. The van der Waals surface area contributed by atoms with E-state index in [0.29, 0.717) is 12.1 Å². The quantitative estimate of drug-likeness (QED) is 0.759. The molecule has 0 fully saturated rings. The number of amides is 1. The molecular formula is C19H19N3O2. The number of imidazole rings is 1. The van der Waals surface area contributed by atoms with Gasteiger partial charge in [-0.1, -0.05) is 24.3 Å². The topological polar surface area (TPSA) is 56.1 Å². The number of rotatable bonds is 6. The molecule has 1 aromatic heterocycles. The van der Waals surface area contributed by atoms with Gasteiger partial charge in [-0.3, -0.25) is 4.79 Å². The van der Waals surface area contributed by atoms with Gasteiger partial charge in [0, 0.05) is 31.0 Å². The molecule has 0 saturated heterocycles. The Morgan fingerprint density at radius 3 is 2.54 bits per heavy atom. The Labute approximate surface area is 140 Å². The van der Waals surface area contributed by atoms with Gasteiger partial charge in [-0.25, -0.2) is 4.98 Å². The van der Waals surface area contributed by atoms with Crippen LogP contribution in [0.3, 0.4) is 0 Å². The summed E-state index contributed by atoms with van der Waals surface area (Å²) in [7, 11) is 1.60. The van der Waals surface area contributed by atoms with Gasteiger partial charge in [0.05, 0.1) is 13.4 Å². The van der Waals surface area contributed by atoms with Crippen molar-refractivity contribution in [2.75, 3.05) is 7.11 Å². The number of aromatic nitrogens is 2. The Hall–Kier alpha value is -3.08. The highest BCUT2D eigenvalue weighted by molar-refractivity contribution is 5.94. The number of nitrogens with zero attached hydrogens (tertiary/aromatic N) is 2. The molecule has 0 unspecified atom stereocenters. The Bertz CT molecular complexity index is 796. The first kappa shape index (κ1) is 15.8. The number of nitrogens with one attached hydrogen (secondary N) is 1. The van der Waals surface area contributed by atoms with Gasteiger partial charge in [-0.05, 0) is 35.4 Å². The number of methoxy groups -OCH3 is 1. The van der Waals surface area contributed by atoms with Crippen molar-refractivity contribution in [2.24, 2.45) is 0 Å². The second kappa shape index (κ2) is 7.46. The molecule has 5 nitrogen and oxygen atoms in total.